The SMILES string of the molecule is Cc1ncnc(-c2ccc(Cl)c(F)c2)n1. The number of nitrogens with zero attached hydrogens (tertiary/aromatic N) is 3. The van der Waals surface area contributed by atoms with Crippen LogP contribution in [0.2, 0.25) is 5.02 Å². The quantitative estimate of drug-likeness (QED) is 0.746. The van der Waals surface area contributed by atoms with Crippen molar-refractivity contribution in [2.75, 3.05) is 0 Å². The Morgan fingerprint density at radius 2 is 2.07 bits per heavy atom. The molecule has 1 aromatic carbocycles. The summed E-state index contributed by atoms with van der Waals surface area (Å²) in [5.41, 5.74) is 0.586. The van der Waals surface area contributed by atoms with Gasteiger partial charge in [0.15, 0.2) is 5.82 Å². The van der Waals surface area contributed by atoms with Gasteiger partial charge in [0.25, 0.3) is 0 Å². The number of benzene rings is 1. The van der Waals surface area contributed by atoms with Gasteiger partial charge < -0.3 is 0 Å². The molecule has 1 heterocycles. The van der Waals surface area contributed by atoms with E-state index >= 15 is 0 Å². The number of rotatable bonds is 1. The van der Waals surface area contributed by atoms with E-state index < -0.39 is 5.82 Å². The zero-order valence-electron chi connectivity index (χ0n) is 7.91. The van der Waals surface area contributed by atoms with Crippen molar-refractivity contribution in [3.63, 3.8) is 0 Å². The van der Waals surface area contributed by atoms with Gasteiger partial charge in [0.1, 0.15) is 18.0 Å². The first kappa shape index (κ1) is 9.98. The van der Waals surface area contributed by atoms with Crippen LogP contribution in [0.4, 0.5) is 4.39 Å². The molecule has 0 radical (unpaired) electrons. The van der Waals surface area contributed by atoms with Crippen molar-refractivity contribution in [1.82, 2.24) is 15.0 Å². The highest BCUT2D eigenvalue weighted by Crippen LogP contribution is 2.21. The van der Waals surface area contributed by atoms with E-state index in [2.05, 4.69) is 15.0 Å². The predicted octanol–water partition coefficient (Wildman–Crippen LogP) is 2.64. The molecular formula is C10H7ClFN3. The van der Waals surface area contributed by atoms with E-state index in [0.29, 0.717) is 17.2 Å². The lowest BCUT2D eigenvalue weighted by molar-refractivity contribution is 0.628. The Morgan fingerprint density at radius 3 is 2.73 bits per heavy atom. The van der Waals surface area contributed by atoms with Gasteiger partial charge in [-0.1, -0.05) is 11.6 Å². The minimum absolute atomic E-state index is 0.0875. The monoisotopic (exact) mass is 223 g/mol. The molecule has 0 saturated carbocycles. The van der Waals surface area contributed by atoms with Crippen molar-refractivity contribution >= 4 is 11.6 Å². The van der Waals surface area contributed by atoms with Gasteiger partial charge in [-0.15, -0.1) is 0 Å². The van der Waals surface area contributed by atoms with E-state index in [1.54, 1.807) is 13.0 Å². The molecule has 0 atom stereocenters. The van der Waals surface area contributed by atoms with Crippen molar-refractivity contribution in [2.45, 2.75) is 6.92 Å². The van der Waals surface area contributed by atoms with Crippen molar-refractivity contribution in [3.05, 3.63) is 41.2 Å². The van der Waals surface area contributed by atoms with Crippen LogP contribution in [0.3, 0.4) is 0 Å². The summed E-state index contributed by atoms with van der Waals surface area (Å²) in [6.45, 7) is 1.75. The summed E-state index contributed by atoms with van der Waals surface area (Å²) in [5, 5.41) is 0.0875. The molecule has 76 valence electrons. The summed E-state index contributed by atoms with van der Waals surface area (Å²) in [7, 11) is 0. The molecule has 0 N–H and O–H groups in total. The molecule has 0 aliphatic carbocycles. The van der Waals surface area contributed by atoms with Crippen LogP contribution in [-0.2, 0) is 0 Å². The maximum Gasteiger partial charge on any atom is 0.163 e. The number of hydrogen-bond acceptors (Lipinski definition) is 3. The topological polar surface area (TPSA) is 38.7 Å². The average molecular weight is 224 g/mol. The van der Waals surface area contributed by atoms with Crippen LogP contribution in [0.5, 0.6) is 0 Å². The molecule has 2 aromatic rings. The summed E-state index contributed by atoms with van der Waals surface area (Å²) in [5.74, 6) is 0.556. The van der Waals surface area contributed by atoms with Crippen LogP contribution in [0.1, 0.15) is 5.82 Å². The predicted molar refractivity (Wildman–Crippen MR) is 55.0 cm³/mol. The van der Waals surface area contributed by atoms with Gasteiger partial charge in [-0.25, -0.2) is 19.3 Å². The lowest BCUT2D eigenvalue weighted by atomic mass is 10.2. The second-order valence-corrected chi connectivity index (χ2v) is 3.39. The number of halogens is 2. The molecule has 2 rings (SSSR count). The first-order chi connectivity index (χ1) is 7.16. The standard InChI is InChI=1S/C10H7ClFN3/c1-6-13-5-14-10(15-6)7-2-3-8(11)9(12)4-7/h2-5H,1H3. The second-order valence-electron chi connectivity index (χ2n) is 2.99. The maximum atomic E-state index is 13.2. The van der Waals surface area contributed by atoms with Crippen LogP contribution in [0.25, 0.3) is 11.4 Å². The Labute approximate surface area is 91.0 Å². The van der Waals surface area contributed by atoms with E-state index in [4.69, 9.17) is 11.6 Å². The summed E-state index contributed by atoms with van der Waals surface area (Å²) in [4.78, 5) is 11.9. The third-order valence-corrected chi connectivity index (χ3v) is 2.18. The van der Waals surface area contributed by atoms with E-state index in [1.807, 2.05) is 0 Å². The molecule has 0 amide bonds. The Morgan fingerprint density at radius 1 is 1.27 bits per heavy atom. The van der Waals surface area contributed by atoms with E-state index in [1.165, 1.54) is 18.5 Å². The first-order valence-electron chi connectivity index (χ1n) is 4.28. The molecule has 1 aromatic heterocycles. The highest BCUT2D eigenvalue weighted by molar-refractivity contribution is 6.30. The third kappa shape index (κ3) is 2.10. The molecular weight excluding hydrogens is 217 g/mol. The molecule has 0 unspecified atom stereocenters. The van der Waals surface area contributed by atoms with Crippen LogP contribution in [-0.4, -0.2) is 15.0 Å². The van der Waals surface area contributed by atoms with E-state index in [0.717, 1.165) is 0 Å². The van der Waals surface area contributed by atoms with Crippen LogP contribution >= 0.6 is 11.6 Å². The van der Waals surface area contributed by atoms with Crippen LogP contribution < -0.4 is 0 Å². The minimum Gasteiger partial charge on any atom is -0.222 e. The van der Waals surface area contributed by atoms with E-state index in [9.17, 15) is 4.39 Å². The van der Waals surface area contributed by atoms with Crippen molar-refractivity contribution in [1.29, 1.82) is 0 Å². The van der Waals surface area contributed by atoms with Gasteiger partial charge in [-0.05, 0) is 25.1 Å². The molecule has 3 nitrogen and oxygen atoms in total. The first-order valence-corrected chi connectivity index (χ1v) is 4.65. The Bertz CT molecular complexity index is 502. The largest absolute Gasteiger partial charge is 0.222 e. The number of aromatic nitrogens is 3. The van der Waals surface area contributed by atoms with Crippen molar-refractivity contribution < 1.29 is 4.39 Å². The molecule has 0 bridgehead atoms. The molecule has 0 aliphatic rings. The van der Waals surface area contributed by atoms with Gasteiger partial charge >= 0.3 is 0 Å². The normalized spacial score (nSPS) is 10.3. The molecule has 15 heavy (non-hydrogen) atoms. The Balaban J connectivity index is 2.50. The van der Waals surface area contributed by atoms with Crippen molar-refractivity contribution in [3.8, 4) is 11.4 Å². The van der Waals surface area contributed by atoms with Gasteiger partial charge in [-0.3, -0.25) is 0 Å². The lowest BCUT2D eigenvalue weighted by Crippen LogP contribution is -1.94. The van der Waals surface area contributed by atoms with Crippen LogP contribution in [0.15, 0.2) is 24.5 Å². The Hall–Kier alpha value is -1.55. The second kappa shape index (κ2) is 3.90. The molecule has 5 heteroatoms. The fourth-order valence-electron chi connectivity index (χ4n) is 1.15. The summed E-state index contributed by atoms with van der Waals surface area (Å²) in [6.07, 6.45) is 1.39. The zero-order chi connectivity index (χ0) is 10.8. The molecule has 0 aliphatic heterocycles. The fraction of sp³-hybridized carbons (Fsp3) is 0.100. The summed E-state index contributed by atoms with van der Waals surface area (Å²) in [6, 6.07) is 4.45. The minimum atomic E-state index is -0.479. The van der Waals surface area contributed by atoms with E-state index in [-0.39, 0.29) is 5.02 Å². The van der Waals surface area contributed by atoms with Gasteiger partial charge in [0.2, 0.25) is 0 Å². The smallest absolute Gasteiger partial charge is 0.163 e. The molecule has 0 spiro atoms. The zero-order valence-corrected chi connectivity index (χ0v) is 8.66. The van der Waals surface area contributed by atoms with Gasteiger partial charge in [0, 0.05) is 5.56 Å². The Kier molecular flexibility index (Phi) is 2.60. The fourth-order valence-corrected chi connectivity index (χ4v) is 1.27. The van der Waals surface area contributed by atoms with Crippen LogP contribution in [0, 0.1) is 12.7 Å². The lowest BCUT2D eigenvalue weighted by Gasteiger charge is -2.01. The highest BCUT2D eigenvalue weighted by atomic mass is 35.5. The molecule has 0 fully saturated rings. The molecule has 0 saturated heterocycles. The average Bonchev–Trinajstić information content (AvgIpc) is 2.22. The summed E-state index contributed by atoms with van der Waals surface area (Å²) < 4.78 is 13.2. The third-order valence-electron chi connectivity index (χ3n) is 1.87. The number of hydrogen-bond donors (Lipinski definition) is 0. The maximum absolute atomic E-state index is 13.2. The van der Waals surface area contributed by atoms with Crippen molar-refractivity contribution in [2.24, 2.45) is 0 Å². The van der Waals surface area contributed by atoms with Gasteiger partial charge in [0.05, 0.1) is 5.02 Å². The summed E-state index contributed by atoms with van der Waals surface area (Å²) >= 11 is 5.57. The number of aryl methyl sites for hydroxylation is 1. The highest BCUT2D eigenvalue weighted by Gasteiger charge is 2.05. The van der Waals surface area contributed by atoms with Gasteiger partial charge in [-0.2, -0.15) is 0 Å².